The number of likely N-dealkylation sites (tertiary alicyclic amines) is 1. The summed E-state index contributed by atoms with van der Waals surface area (Å²) in [5, 5.41) is 0.0272. The Morgan fingerprint density at radius 1 is 1.09 bits per heavy atom. The Morgan fingerprint density at radius 3 is 2.55 bits per heavy atom. The van der Waals surface area contributed by atoms with Crippen LogP contribution in [-0.4, -0.2) is 23.8 Å². The number of hydrogen-bond acceptors (Lipinski definition) is 2. The highest BCUT2D eigenvalue weighted by molar-refractivity contribution is 6.30. The van der Waals surface area contributed by atoms with E-state index in [0.29, 0.717) is 11.1 Å². The fourth-order valence-corrected chi connectivity index (χ4v) is 2.93. The van der Waals surface area contributed by atoms with Crippen LogP contribution in [0, 0.1) is 5.82 Å². The summed E-state index contributed by atoms with van der Waals surface area (Å²) in [6.45, 7) is 3.08. The third kappa shape index (κ3) is 3.37. The van der Waals surface area contributed by atoms with Crippen molar-refractivity contribution in [1.82, 2.24) is 4.90 Å². The van der Waals surface area contributed by atoms with Gasteiger partial charge in [0.25, 0.3) is 0 Å². The van der Waals surface area contributed by atoms with Crippen LogP contribution in [0.2, 0.25) is 5.02 Å². The van der Waals surface area contributed by atoms with E-state index >= 15 is 0 Å². The minimum Gasteiger partial charge on any atom is -0.299 e. The molecule has 0 bridgehead atoms. The topological polar surface area (TPSA) is 20.3 Å². The number of hydrogen-bond donors (Lipinski definition) is 0. The molecule has 0 radical (unpaired) electrons. The van der Waals surface area contributed by atoms with Crippen molar-refractivity contribution in [3.63, 3.8) is 0 Å². The number of rotatable bonds is 4. The highest BCUT2D eigenvalue weighted by Crippen LogP contribution is 2.19. The van der Waals surface area contributed by atoms with Gasteiger partial charge in [0.05, 0.1) is 5.02 Å². The van der Waals surface area contributed by atoms with Crippen LogP contribution >= 0.6 is 11.6 Å². The molecule has 1 aliphatic rings. The Hall–Kier alpha value is -1.71. The molecule has 1 saturated heterocycles. The number of ketones is 1. The van der Waals surface area contributed by atoms with Crippen molar-refractivity contribution in [2.24, 2.45) is 0 Å². The molecule has 2 aromatic carbocycles. The van der Waals surface area contributed by atoms with Crippen molar-refractivity contribution >= 4 is 17.4 Å². The maximum atomic E-state index is 13.5. The second-order valence-corrected chi connectivity index (χ2v) is 6.05. The lowest BCUT2D eigenvalue weighted by Crippen LogP contribution is -2.18. The molecule has 1 heterocycles. The monoisotopic (exact) mass is 317 g/mol. The van der Waals surface area contributed by atoms with Crippen molar-refractivity contribution in [3.8, 4) is 0 Å². The van der Waals surface area contributed by atoms with Crippen molar-refractivity contribution < 1.29 is 9.18 Å². The average Bonchev–Trinajstić information content (AvgIpc) is 3.02. The summed E-state index contributed by atoms with van der Waals surface area (Å²) in [5.74, 6) is -0.750. The third-order valence-electron chi connectivity index (χ3n) is 3.98. The van der Waals surface area contributed by atoms with Gasteiger partial charge in [-0.1, -0.05) is 29.8 Å². The minimum absolute atomic E-state index is 0.0272. The maximum absolute atomic E-state index is 13.5. The van der Waals surface area contributed by atoms with Crippen LogP contribution in [0.25, 0.3) is 0 Å². The van der Waals surface area contributed by atoms with E-state index in [1.165, 1.54) is 25.0 Å². The predicted molar refractivity (Wildman–Crippen MR) is 85.8 cm³/mol. The second kappa shape index (κ2) is 6.59. The summed E-state index contributed by atoms with van der Waals surface area (Å²) in [7, 11) is 0. The van der Waals surface area contributed by atoms with Crippen molar-refractivity contribution in [2.45, 2.75) is 19.4 Å². The Balaban J connectivity index is 1.81. The molecule has 0 N–H and O–H groups in total. The lowest BCUT2D eigenvalue weighted by molar-refractivity contribution is 0.103. The summed E-state index contributed by atoms with van der Waals surface area (Å²) in [4.78, 5) is 14.9. The van der Waals surface area contributed by atoms with E-state index in [4.69, 9.17) is 11.6 Å². The van der Waals surface area contributed by atoms with Crippen LogP contribution < -0.4 is 0 Å². The number of halogens is 2. The number of benzene rings is 2. The highest BCUT2D eigenvalue weighted by atomic mass is 35.5. The summed E-state index contributed by atoms with van der Waals surface area (Å²) in [6, 6.07) is 11.7. The summed E-state index contributed by atoms with van der Waals surface area (Å²) in [5.41, 5.74) is 2.01. The van der Waals surface area contributed by atoms with Gasteiger partial charge in [-0.25, -0.2) is 4.39 Å². The van der Waals surface area contributed by atoms with E-state index in [1.54, 1.807) is 12.1 Å². The molecule has 1 aliphatic heterocycles. The smallest absolute Gasteiger partial charge is 0.193 e. The lowest BCUT2D eigenvalue weighted by Gasteiger charge is -2.15. The van der Waals surface area contributed by atoms with Crippen molar-refractivity contribution in [1.29, 1.82) is 0 Å². The van der Waals surface area contributed by atoms with E-state index in [1.807, 2.05) is 18.2 Å². The highest BCUT2D eigenvalue weighted by Gasteiger charge is 2.14. The molecule has 0 amide bonds. The van der Waals surface area contributed by atoms with Crippen LogP contribution in [0.1, 0.15) is 34.3 Å². The van der Waals surface area contributed by atoms with Gasteiger partial charge >= 0.3 is 0 Å². The van der Waals surface area contributed by atoms with Crippen LogP contribution in [0.3, 0.4) is 0 Å². The first-order chi connectivity index (χ1) is 10.6. The van der Waals surface area contributed by atoms with Gasteiger partial charge in [-0.2, -0.15) is 0 Å². The maximum Gasteiger partial charge on any atom is 0.193 e. The zero-order valence-electron chi connectivity index (χ0n) is 12.2. The fourth-order valence-electron chi connectivity index (χ4n) is 2.81. The second-order valence-electron chi connectivity index (χ2n) is 5.64. The Kier molecular flexibility index (Phi) is 4.55. The number of nitrogens with zero attached hydrogens (tertiary/aromatic N) is 1. The Morgan fingerprint density at radius 2 is 1.82 bits per heavy atom. The lowest BCUT2D eigenvalue weighted by atomic mass is 10.0. The van der Waals surface area contributed by atoms with Gasteiger partial charge in [0, 0.05) is 17.7 Å². The van der Waals surface area contributed by atoms with Crippen LogP contribution in [0.5, 0.6) is 0 Å². The molecule has 22 heavy (non-hydrogen) atoms. The standard InChI is InChI=1S/C18H17ClFNO/c19-16-7-6-15(11-17(16)20)18(22)14-5-3-4-13(10-14)12-21-8-1-2-9-21/h3-7,10-11H,1-2,8-9,12H2. The molecule has 0 aliphatic carbocycles. The number of carbonyl (C=O) groups excluding carboxylic acids is 1. The van der Waals surface area contributed by atoms with E-state index in [0.717, 1.165) is 25.2 Å². The molecule has 0 aromatic heterocycles. The van der Waals surface area contributed by atoms with Gasteiger partial charge in [0.15, 0.2) is 5.78 Å². The molecule has 4 heteroatoms. The van der Waals surface area contributed by atoms with E-state index in [-0.39, 0.29) is 10.8 Å². The first-order valence-corrected chi connectivity index (χ1v) is 7.82. The molecule has 0 saturated carbocycles. The molecular formula is C18H17ClFNO. The molecule has 1 fully saturated rings. The third-order valence-corrected chi connectivity index (χ3v) is 4.28. The van der Waals surface area contributed by atoms with Gasteiger partial charge in [-0.3, -0.25) is 9.69 Å². The zero-order chi connectivity index (χ0) is 15.5. The summed E-state index contributed by atoms with van der Waals surface area (Å²) in [6.07, 6.45) is 2.48. The van der Waals surface area contributed by atoms with Crippen molar-refractivity contribution in [2.75, 3.05) is 13.1 Å². The quantitative estimate of drug-likeness (QED) is 0.783. The van der Waals surface area contributed by atoms with E-state index in [9.17, 15) is 9.18 Å². The molecule has 114 valence electrons. The van der Waals surface area contributed by atoms with Gasteiger partial charge in [-0.15, -0.1) is 0 Å². The van der Waals surface area contributed by atoms with Gasteiger partial charge in [0.1, 0.15) is 5.82 Å². The van der Waals surface area contributed by atoms with Gasteiger partial charge < -0.3 is 0 Å². The predicted octanol–water partition coefficient (Wildman–Crippen LogP) is 4.31. The van der Waals surface area contributed by atoms with E-state index < -0.39 is 5.82 Å². The molecule has 3 rings (SSSR count). The number of carbonyl (C=O) groups is 1. The molecular weight excluding hydrogens is 301 g/mol. The average molecular weight is 318 g/mol. The minimum atomic E-state index is -0.569. The first kappa shape index (κ1) is 15.2. The Labute approximate surface area is 134 Å². The fraction of sp³-hybridized carbons (Fsp3) is 0.278. The zero-order valence-corrected chi connectivity index (χ0v) is 12.9. The summed E-state index contributed by atoms with van der Waals surface area (Å²) < 4.78 is 13.5. The molecule has 0 atom stereocenters. The molecule has 2 aromatic rings. The van der Waals surface area contributed by atoms with Crippen LogP contribution in [0.15, 0.2) is 42.5 Å². The Bertz CT molecular complexity index is 695. The largest absolute Gasteiger partial charge is 0.299 e. The summed E-state index contributed by atoms with van der Waals surface area (Å²) >= 11 is 5.66. The molecule has 0 unspecified atom stereocenters. The van der Waals surface area contributed by atoms with Gasteiger partial charge in [0.2, 0.25) is 0 Å². The van der Waals surface area contributed by atoms with Crippen LogP contribution in [-0.2, 0) is 6.54 Å². The normalized spacial score (nSPS) is 15.2. The van der Waals surface area contributed by atoms with Gasteiger partial charge in [-0.05, 0) is 55.8 Å². The molecule has 0 spiro atoms. The van der Waals surface area contributed by atoms with Crippen molar-refractivity contribution in [3.05, 3.63) is 70.0 Å². The van der Waals surface area contributed by atoms with E-state index in [2.05, 4.69) is 4.90 Å². The SMILES string of the molecule is O=C(c1cccc(CN2CCCC2)c1)c1ccc(Cl)c(F)c1. The molecule has 2 nitrogen and oxygen atoms in total. The van der Waals surface area contributed by atoms with Crippen LogP contribution in [0.4, 0.5) is 4.39 Å². The first-order valence-electron chi connectivity index (χ1n) is 7.44.